The second-order valence-electron chi connectivity index (χ2n) is 4.74. The Hall–Kier alpha value is -1.55. The third kappa shape index (κ3) is 3.74. The molecule has 18 heavy (non-hydrogen) atoms. The molecule has 0 spiro atoms. The summed E-state index contributed by atoms with van der Waals surface area (Å²) < 4.78 is 0. The van der Waals surface area contributed by atoms with Crippen LogP contribution < -0.4 is 10.6 Å². The van der Waals surface area contributed by atoms with E-state index in [1.807, 2.05) is 6.07 Å². The van der Waals surface area contributed by atoms with Crippen LogP contribution in [0, 0.1) is 0 Å². The van der Waals surface area contributed by atoms with Crippen LogP contribution in [0.1, 0.15) is 24.8 Å². The monoisotopic (exact) mass is 248 g/mol. The van der Waals surface area contributed by atoms with E-state index >= 15 is 0 Å². The zero-order chi connectivity index (χ0) is 12.8. The standard InChI is InChI=1S/C14H20N2O2/c17-13-6-2-1-4-11(13)10-14(18)16-9-7-12-5-3-8-15-12/h1-2,4,6,12,15,17H,3,5,7-10H2,(H,16,18). The molecule has 1 amide bonds. The van der Waals surface area contributed by atoms with Crippen molar-refractivity contribution in [1.82, 2.24) is 10.6 Å². The number of carbonyl (C=O) groups is 1. The molecule has 3 N–H and O–H groups in total. The van der Waals surface area contributed by atoms with Crippen molar-refractivity contribution < 1.29 is 9.90 Å². The van der Waals surface area contributed by atoms with Crippen molar-refractivity contribution in [3.8, 4) is 5.75 Å². The molecular weight excluding hydrogens is 228 g/mol. The first-order valence-electron chi connectivity index (χ1n) is 6.52. The number of phenolic OH excluding ortho intramolecular Hbond substituents is 1. The van der Waals surface area contributed by atoms with Gasteiger partial charge in [-0.25, -0.2) is 0 Å². The van der Waals surface area contributed by atoms with Gasteiger partial charge in [-0.15, -0.1) is 0 Å². The van der Waals surface area contributed by atoms with Crippen molar-refractivity contribution in [2.75, 3.05) is 13.1 Å². The van der Waals surface area contributed by atoms with E-state index in [0.29, 0.717) is 18.2 Å². The molecule has 1 saturated heterocycles. The number of aromatic hydroxyl groups is 1. The number of rotatable bonds is 5. The summed E-state index contributed by atoms with van der Waals surface area (Å²) in [5, 5.41) is 15.9. The van der Waals surface area contributed by atoms with Crippen LogP contribution in [0.4, 0.5) is 0 Å². The molecule has 0 bridgehead atoms. The summed E-state index contributed by atoms with van der Waals surface area (Å²) in [5.74, 6) is 0.152. The van der Waals surface area contributed by atoms with Gasteiger partial charge in [0.2, 0.25) is 5.91 Å². The first kappa shape index (κ1) is 12.9. The highest BCUT2D eigenvalue weighted by atomic mass is 16.3. The van der Waals surface area contributed by atoms with Crippen LogP contribution in [0.2, 0.25) is 0 Å². The van der Waals surface area contributed by atoms with Gasteiger partial charge >= 0.3 is 0 Å². The molecule has 1 aliphatic rings. The van der Waals surface area contributed by atoms with E-state index < -0.39 is 0 Å². The Labute approximate surface area is 107 Å². The Morgan fingerprint density at radius 3 is 3.00 bits per heavy atom. The van der Waals surface area contributed by atoms with Crippen LogP contribution in [-0.4, -0.2) is 30.1 Å². The number of amides is 1. The number of hydrogen-bond acceptors (Lipinski definition) is 3. The molecule has 4 nitrogen and oxygen atoms in total. The smallest absolute Gasteiger partial charge is 0.224 e. The molecule has 98 valence electrons. The third-order valence-electron chi connectivity index (χ3n) is 3.32. The van der Waals surface area contributed by atoms with E-state index in [0.717, 1.165) is 13.0 Å². The lowest BCUT2D eigenvalue weighted by Gasteiger charge is -2.11. The second kappa shape index (κ2) is 6.40. The molecule has 1 aliphatic heterocycles. The third-order valence-corrected chi connectivity index (χ3v) is 3.32. The Kier molecular flexibility index (Phi) is 4.59. The topological polar surface area (TPSA) is 61.4 Å². The normalized spacial score (nSPS) is 18.8. The first-order chi connectivity index (χ1) is 8.75. The molecule has 0 aromatic heterocycles. The summed E-state index contributed by atoms with van der Waals surface area (Å²) in [6, 6.07) is 7.50. The van der Waals surface area contributed by atoms with Crippen molar-refractivity contribution >= 4 is 5.91 Å². The summed E-state index contributed by atoms with van der Waals surface area (Å²) in [5.41, 5.74) is 0.675. The van der Waals surface area contributed by atoms with Crippen LogP contribution in [0.25, 0.3) is 0 Å². The summed E-state index contributed by atoms with van der Waals surface area (Å²) in [6.07, 6.45) is 3.66. The predicted molar refractivity (Wildman–Crippen MR) is 70.5 cm³/mol. The SMILES string of the molecule is O=C(Cc1ccccc1O)NCCC1CCCN1. The van der Waals surface area contributed by atoms with Crippen LogP contribution in [0.5, 0.6) is 5.75 Å². The summed E-state index contributed by atoms with van der Waals surface area (Å²) >= 11 is 0. The molecule has 4 heteroatoms. The lowest BCUT2D eigenvalue weighted by atomic mass is 10.1. The van der Waals surface area contributed by atoms with Gasteiger partial charge in [-0.2, -0.15) is 0 Å². The van der Waals surface area contributed by atoms with Gasteiger partial charge in [0.05, 0.1) is 6.42 Å². The van der Waals surface area contributed by atoms with E-state index in [1.165, 1.54) is 12.8 Å². The average molecular weight is 248 g/mol. The molecule has 0 aliphatic carbocycles. The van der Waals surface area contributed by atoms with E-state index in [4.69, 9.17) is 0 Å². The zero-order valence-corrected chi connectivity index (χ0v) is 10.5. The van der Waals surface area contributed by atoms with Gasteiger partial charge in [-0.05, 0) is 31.9 Å². The maximum Gasteiger partial charge on any atom is 0.224 e. The fourth-order valence-electron chi connectivity index (χ4n) is 2.28. The average Bonchev–Trinajstić information content (AvgIpc) is 2.85. The second-order valence-corrected chi connectivity index (χ2v) is 4.74. The van der Waals surface area contributed by atoms with Crippen molar-refractivity contribution in [2.45, 2.75) is 31.7 Å². The fraction of sp³-hybridized carbons (Fsp3) is 0.500. The van der Waals surface area contributed by atoms with E-state index in [2.05, 4.69) is 10.6 Å². The Balaban J connectivity index is 1.70. The van der Waals surface area contributed by atoms with Gasteiger partial charge in [0.1, 0.15) is 5.75 Å². The van der Waals surface area contributed by atoms with Gasteiger partial charge in [0.15, 0.2) is 0 Å². The lowest BCUT2D eigenvalue weighted by Crippen LogP contribution is -2.31. The summed E-state index contributed by atoms with van der Waals surface area (Å²) in [7, 11) is 0. The molecule has 1 aromatic rings. The number of phenols is 1. The van der Waals surface area contributed by atoms with Gasteiger partial charge < -0.3 is 15.7 Å². The Bertz CT molecular complexity index is 401. The fourth-order valence-corrected chi connectivity index (χ4v) is 2.28. The summed E-state index contributed by atoms with van der Waals surface area (Å²) in [6.45, 7) is 1.79. The van der Waals surface area contributed by atoms with Crippen molar-refractivity contribution in [3.63, 3.8) is 0 Å². The number of nitrogens with one attached hydrogen (secondary N) is 2. The van der Waals surface area contributed by atoms with E-state index in [9.17, 15) is 9.90 Å². The molecular formula is C14H20N2O2. The van der Waals surface area contributed by atoms with Gasteiger partial charge in [0.25, 0.3) is 0 Å². The van der Waals surface area contributed by atoms with E-state index in [-0.39, 0.29) is 18.1 Å². The minimum atomic E-state index is -0.0329. The molecule has 1 unspecified atom stereocenters. The molecule has 0 saturated carbocycles. The van der Waals surface area contributed by atoms with E-state index in [1.54, 1.807) is 18.2 Å². The molecule has 1 fully saturated rings. The molecule has 1 heterocycles. The van der Waals surface area contributed by atoms with Crippen LogP contribution in [0.3, 0.4) is 0 Å². The maximum absolute atomic E-state index is 11.7. The van der Waals surface area contributed by atoms with Crippen LogP contribution in [-0.2, 0) is 11.2 Å². The number of hydrogen-bond donors (Lipinski definition) is 3. The number of para-hydroxylation sites is 1. The highest BCUT2D eigenvalue weighted by Crippen LogP contribution is 2.15. The lowest BCUT2D eigenvalue weighted by molar-refractivity contribution is -0.120. The van der Waals surface area contributed by atoms with Crippen LogP contribution in [0.15, 0.2) is 24.3 Å². The zero-order valence-electron chi connectivity index (χ0n) is 10.5. The maximum atomic E-state index is 11.7. The Morgan fingerprint density at radius 2 is 2.28 bits per heavy atom. The molecule has 1 atom stereocenters. The van der Waals surface area contributed by atoms with Gasteiger partial charge in [-0.1, -0.05) is 18.2 Å². The minimum Gasteiger partial charge on any atom is -0.508 e. The number of carbonyl (C=O) groups excluding carboxylic acids is 1. The highest BCUT2D eigenvalue weighted by molar-refractivity contribution is 5.79. The van der Waals surface area contributed by atoms with Gasteiger partial charge in [0, 0.05) is 18.2 Å². The molecule has 2 rings (SSSR count). The summed E-state index contributed by atoms with van der Waals surface area (Å²) in [4.78, 5) is 11.7. The van der Waals surface area contributed by atoms with Crippen molar-refractivity contribution in [3.05, 3.63) is 29.8 Å². The van der Waals surface area contributed by atoms with Gasteiger partial charge in [-0.3, -0.25) is 4.79 Å². The van der Waals surface area contributed by atoms with Crippen molar-refractivity contribution in [1.29, 1.82) is 0 Å². The quantitative estimate of drug-likeness (QED) is 0.733. The Morgan fingerprint density at radius 1 is 1.44 bits per heavy atom. The van der Waals surface area contributed by atoms with Crippen molar-refractivity contribution in [2.24, 2.45) is 0 Å². The predicted octanol–water partition coefficient (Wildman–Crippen LogP) is 1.19. The molecule has 0 radical (unpaired) electrons. The highest BCUT2D eigenvalue weighted by Gasteiger charge is 2.13. The first-order valence-corrected chi connectivity index (χ1v) is 6.52. The minimum absolute atomic E-state index is 0.0329. The largest absolute Gasteiger partial charge is 0.508 e. The number of benzene rings is 1. The molecule has 1 aromatic carbocycles. The van der Waals surface area contributed by atoms with Crippen LogP contribution >= 0.6 is 0 Å².